The summed E-state index contributed by atoms with van der Waals surface area (Å²) in [6.45, 7) is 0. The zero-order valence-corrected chi connectivity index (χ0v) is 15.9. The van der Waals surface area contributed by atoms with Gasteiger partial charge in [-0.1, -0.05) is 12.1 Å². The maximum absolute atomic E-state index is 13.7. The molecule has 0 fully saturated rings. The maximum Gasteiger partial charge on any atom is 0.418 e. The summed E-state index contributed by atoms with van der Waals surface area (Å²) in [5.41, 5.74) is -2.20. The van der Waals surface area contributed by atoms with Gasteiger partial charge in [-0.2, -0.15) is 13.2 Å². The molecule has 0 aliphatic rings. The predicted molar refractivity (Wildman–Crippen MR) is 100 cm³/mol. The number of furan rings is 1. The van der Waals surface area contributed by atoms with Crippen molar-refractivity contribution >= 4 is 39.1 Å². The smallest absolute Gasteiger partial charge is 0.418 e. The van der Waals surface area contributed by atoms with Crippen molar-refractivity contribution in [3.8, 4) is 0 Å². The van der Waals surface area contributed by atoms with Crippen LogP contribution in [0.25, 0.3) is 0 Å². The van der Waals surface area contributed by atoms with Crippen LogP contribution in [-0.4, -0.2) is 11.8 Å². The molecule has 2 N–H and O–H groups in total. The first-order chi connectivity index (χ1) is 13.6. The minimum Gasteiger partial charge on any atom is -0.457 e. The number of halogens is 5. The van der Waals surface area contributed by atoms with Gasteiger partial charge >= 0.3 is 6.18 Å². The second-order valence-corrected chi connectivity index (χ2v) is 6.57. The van der Waals surface area contributed by atoms with Gasteiger partial charge in [-0.25, -0.2) is 4.39 Å². The number of hydrogen-bond donors (Lipinski definition) is 2. The van der Waals surface area contributed by atoms with Crippen molar-refractivity contribution in [1.29, 1.82) is 0 Å². The van der Waals surface area contributed by atoms with Gasteiger partial charge in [-0.3, -0.25) is 9.59 Å². The largest absolute Gasteiger partial charge is 0.457 e. The molecule has 10 heteroatoms. The van der Waals surface area contributed by atoms with Crippen molar-refractivity contribution in [3.05, 3.63) is 82.0 Å². The van der Waals surface area contributed by atoms with Crippen LogP contribution < -0.4 is 10.6 Å². The maximum atomic E-state index is 13.7. The monoisotopic (exact) mass is 470 g/mol. The molecular formula is C19H11BrF4N2O3. The van der Waals surface area contributed by atoms with Gasteiger partial charge in [-0.05, 0) is 46.3 Å². The summed E-state index contributed by atoms with van der Waals surface area (Å²) >= 11 is 3.00. The lowest BCUT2D eigenvalue weighted by molar-refractivity contribution is -0.136. The highest BCUT2D eigenvalue weighted by atomic mass is 79.9. The van der Waals surface area contributed by atoms with Crippen LogP contribution in [0.3, 0.4) is 0 Å². The Kier molecular flexibility index (Phi) is 5.73. The molecule has 150 valence electrons. The highest BCUT2D eigenvalue weighted by molar-refractivity contribution is 9.10. The fraction of sp³-hybridized carbons (Fsp3) is 0.0526. The summed E-state index contributed by atoms with van der Waals surface area (Å²) in [7, 11) is 0. The molecule has 29 heavy (non-hydrogen) atoms. The molecule has 3 rings (SSSR count). The van der Waals surface area contributed by atoms with Crippen LogP contribution in [-0.2, 0) is 6.18 Å². The summed E-state index contributed by atoms with van der Waals surface area (Å²) in [6.07, 6.45) is -3.74. The standard InChI is InChI=1S/C19H11BrF4N2O3/c20-16-7-10(9-29-16)17(27)26-15-6-5-11(8-13(15)19(22,23)24)25-18(28)12-3-1-2-4-14(12)21/h1-9H,(H,25,28)(H,26,27). The third kappa shape index (κ3) is 4.83. The first-order valence-electron chi connectivity index (χ1n) is 7.97. The summed E-state index contributed by atoms with van der Waals surface area (Å²) in [4.78, 5) is 24.3. The lowest BCUT2D eigenvalue weighted by Gasteiger charge is -2.15. The average Bonchev–Trinajstić information content (AvgIpc) is 3.09. The molecule has 0 aliphatic carbocycles. The van der Waals surface area contributed by atoms with Crippen molar-refractivity contribution in [2.24, 2.45) is 0 Å². The van der Waals surface area contributed by atoms with Crippen molar-refractivity contribution < 1.29 is 31.6 Å². The first kappa shape index (κ1) is 20.6. The molecule has 0 saturated carbocycles. The minimum atomic E-state index is -4.82. The molecule has 0 unspecified atom stereocenters. The van der Waals surface area contributed by atoms with Gasteiger partial charge in [0.15, 0.2) is 4.67 Å². The fourth-order valence-electron chi connectivity index (χ4n) is 2.43. The molecule has 2 amide bonds. The van der Waals surface area contributed by atoms with E-state index >= 15 is 0 Å². The molecule has 1 heterocycles. The van der Waals surface area contributed by atoms with Gasteiger partial charge in [-0.15, -0.1) is 0 Å². The molecule has 1 aromatic heterocycles. The number of carbonyl (C=O) groups excluding carboxylic acids is 2. The number of hydrogen-bond acceptors (Lipinski definition) is 3. The second-order valence-electron chi connectivity index (χ2n) is 5.79. The first-order valence-corrected chi connectivity index (χ1v) is 8.77. The number of rotatable bonds is 4. The van der Waals surface area contributed by atoms with E-state index in [4.69, 9.17) is 4.42 Å². The van der Waals surface area contributed by atoms with Gasteiger partial charge in [0, 0.05) is 11.8 Å². The highest BCUT2D eigenvalue weighted by Crippen LogP contribution is 2.37. The zero-order valence-electron chi connectivity index (χ0n) is 14.3. The number of alkyl halides is 3. The summed E-state index contributed by atoms with van der Waals surface area (Å²) in [5.74, 6) is -2.53. The van der Waals surface area contributed by atoms with E-state index in [1.54, 1.807) is 0 Å². The zero-order chi connectivity index (χ0) is 21.2. The SMILES string of the molecule is O=C(Nc1ccc(NC(=O)c2ccccc2F)cc1C(F)(F)F)c1coc(Br)c1. The minimum absolute atomic E-state index is 0.0157. The molecule has 2 aromatic carbocycles. The molecule has 0 aliphatic heterocycles. The molecule has 0 atom stereocenters. The molecule has 0 saturated heterocycles. The summed E-state index contributed by atoms with van der Waals surface area (Å²) < 4.78 is 59.2. The Morgan fingerprint density at radius 1 is 0.966 bits per heavy atom. The van der Waals surface area contributed by atoms with Crippen LogP contribution in [0, 0.1) is 5.82 Å². The van der Waals surface area contributed by atoms with Crippen LogP contribution in [0.15, 0.2) is 63.9 Å². The van der Waals surface area contributed by atoms with Crippen molar-refractivity contribution in [2.45, 2.75) is 6.18 Å². The van der Waals surface area contributed by atoms with Crippen molar-refractivity contribution in [1.82, 2.24) is 0 Å². The Hall–Kier alpha value is -3.14. The molecule has 0 spiro atoms. The van der Waals surface area contributed by atoms with Crippen LogP contribution in [0.2, 0.25) is 0 Å². The predicted octanol–water partition coefficient (Wildman–Crippen LogP) is 5.70. The number of carbonyl (C=O) groups is 2. The normalized spacial score (nSPS) is 11.2. The quantitative estimate of drug-likeness (QED) is 0.480. The molecule has 0 bridgehead atoms. The number of anilines is 2. The van der Waals surface area contributed by atoms with E-state index in [0.29, 0.717) is 6.07 Å². The van der Waals surface area contributed by atoms with E-state index in [2.05, 4.69) is 26.6 Å². The number of amides is 2. The highest BCUT2D eigenvalue weighted by Gasteiger charge is 2.34. The van der Waals surface area contributed by atoms with E-state index < -0.39 is 35.1 Å². The Balaban J connectivity index is 1.87. The topological polar surface area (TPSA) is 71.3 Å². The van der Waals surface area contributed by atoms with Crippen LogP contribution >= 0.6 is 15.9 Å². The van der Waals surface area contributed by atoms with Gasteiger partial charge in [0.25, 0.3) is 11.8 Å². The second kappa shape index (κ2) is 8.08. The van der Waals surface area contributed by atoms with E-state index in [-0.39, 0.29) is 21.5 Å². The van der Waals surface area contributed by atoms with E-state index in [1.807, 2.05) is 0 Å². The lowest BCUT2D eigenvalue weighted by Crippen LogP contribution is -2.18. The van der Waals surface area contributed by atoms with E-state index in [9.17, 15) is 27.2 Å². The van der Waals surface area contributed by atoms with Crippen LogP contribution in [0.4, 0.5) is 28.9 Å². The van der Waals surface area contributed by atoms with Gasteiger partial charge < -0.3 is 15.1 Å². The van der Waals surface area contributed by atoms with Gasteiger partial charge in [0.2, 0.25) is 0 Å². The molecule has 0 radical (unpaired) electrons. The number of nitrogens with one attached hydrogen (secondary N) is 2. The number of benzene rings is 2. The van der Waals surface area contributed by atoms with Gasteiger partial charge in [0.05, 0.1) is 22.4 Å². The third-order valence-electron chi connectivity index (χ3n) is 3.78. The molecule has 5 nitrogen and oxygen atoms in total. The van der Waals surface area contributed by atoms with Crippen molar-refractivity contribution in [3.63, 3.8) is 0 Å². The average molecular weight is 471 g/mol. The molecule has 3 aromatic rings. The molecular weight excluding hydrogens is 460 g/mol. The van der Waals surface area contributed by atoms with Gasteiger partial charge in [0.1, 0.15) is 12.1 Å². The Morgan fingerprint density at radius 3 is 2.31 bits per heavy atom. The Labute approximate surface area is 169 Å². The summed E-state index contributed by atoms with van der Waals surface area (Å²) in [6, 6.07) is 9.17. The van der Waals surface area contributed by atoms with E-state index in [1.165, 1.54) is 24.3 Å². The van der Waals surface area contributed by atoms with Crippen LogP contribution in [0.1, 0.15) is 26.3 Å². The summed E-state index contributed by atoms with van der Waals surface area (Å²) in [5, 5.41) is 4.37. The third-order valence-corrected chi connectivity index (χ3v) is 4.19. The lowest BCUT2D eigenvalue weighted by atomic mass is 10.1. The Bertz CT molecular complexity index is 1080. The fourth-order valence-corrected chi connectivity index (χ4v) is 2.77. The van der Waals surface area contributed by atoms with Crippen LogP contribution in [0.5, 0.6) is 0 Å². The van der Waals surface area contributed by atoms with Crippen molar-refractivity contribution in [2.75, 3.05) is 10.6 Å². The Morgan fingerprint density at radius 2 is 1.69 bits per heavy atom. The van der Waals surface area contributed by atoms with E-state index in [0.717, 1.165) is 24.5 Å².